The van der Waals surface area contributed by atoms with Crippen molar-refractivity contribution in [3.05, 3.63) is 29.8 Å². The minimum Gasteiger partial charge on any atom is -0.374 e. The molecule has 0 aliphatic heterocycles. The molecule has 1 unspecified atom stereocenters. The maximum absolute atomic E-state index is 9.60. The highest BCUT2D eigenvalue weighted by Crippen LogP contribution is 2.32. The molecule has 1 aromatic carbocycles. The van der Waals surface area contributed by atoms with Crippen LogP contribution < -0.4 is 5.32 Å². The van der Waals surface area contributed by atoms with Crippen molar-refractivity contribution in [2.75, 3.05) is 5.32 Å². The Hall–Kier alpha value is -1.02. The van der Waals surface area contributed by atoms with E-state index in [0.717, 1.165) is 18.5 Å². The van der Waals surface area contributed by atoms with Crippen molar-refractivity contribution >= 4 is 5.69 Å². The van der Waals surface area contributed by atoms with Gasteiger partial charge in [0, 0.05) is 11.6 Å². The lowest BCUT2D eigenvalue weighted by Gasteiger charge is -2.12. The SMILES string of the molecule is Cc1ccc(NC(O)C2CC2)cc1. The molecule has 0 heterocycles. The fourth-order valence-electron chi connectivity index (χ4n) is 1.35. The van der Waals surface area contributed by atoms with Crippen molar-refractivity contribution in [2.24, 2.45) is 5.92 Å². The summed E-state index contributed by atoms with van der Waals surface area (Å²) in [6.07, 6.45) is 1.95. The van der Waals surface area contributed by atoms with Gasteiger partial charge in [-0.25, -0.2) is 0 Å². The number of aliphatic hydroxyl groups excluding tert-OH is 1. The second-order valence-electron chi connectivity index (χ2n) is 3.79. The van der Waals surface area contributed by atoms with Crippen LogP contribution in [0.4, 0.5) is 5.69 Å². The van der Waals surface area contributed by atoms with Crippen molar-refractivity contribution in [1.29, 1.82) is 0 Å². The Kier molecular flexibility index (Phi) is 2.23. The second kappa shape index (κ2) is 3.38. The lowest BCUT2D eigenvalue weighted by atomic mass is 10.2. The number of rotatable bonds is 3. The molecule has 1 aromatic rings. The molecule has 1 aliphatic carbocycles. The van der Waals surface area contributed by atoms with Crippen molar-refractivity contribution in [3.63, 3.8) is 0 Å². The Morgan fingerprint density at radius 2 is 1.92 bits per heavy atom. The van der Waals surface area contributed by atoms with Gasteiger partial charge in [0.05, 0.1) is 0 Å². The quantitative estimate of drug-likeness (QED) is 0.693. The summed E-state index contributed by atoms with van der Waals surface area (Å²) in [6, 6.07) is 8.09. The van der Waals surface area contributed by atoms with E-state index in [1.807, 2.05) is 24.3 Å². The minimum absolute atomic E-state index is 0.359. The van der Waals surface area contributed by atoms with Crippen LogP contribution in [-0.4, -0.2) is 11.3 Å². The summed E-state index contributed by atoms with van der Waals surface area (Å²) in [5.41, 5.74) is 2.25. The summed E-state index contributed by atoms with van der Waals surface area (Å²) in [4.78, 5) is 0. The van der Waals surface area contributed by atoms with Crippen LogP contribution >= 0.6 is 0 Å². The van der Waals surface area contributed by atoms with Crippen LogP contribution in [0.5, 0.6) is 0 Å². The van der Waals surface area contributed by atoms with Gasteiger partial charge in [0.1, 0.15) is 6.23 Å². The van der Waals surface area contributed by atoms with E-state index in [1.165, 1.54) is 5.56 Å². The van der Waals surface area contributed by atoms with Crippen molar-refractivity contribution in [3.8, 4) is 0 Å². The van der Waals surface area contributed by atoms with Crippen molar-refractivity contribution in [1.82, 2.24) is 0 Å². The number of benzene rings is 1. The van der Waals surface area contributed by atoms with Gasteiger partial charge in [0.25, 0.3) is 0 Å². The van der Waals surface area contributed by atoms with E-state index in [9.17, 15) is 5.11 Å². The molecule has 0 spiro atoms. The smallest absolute Gasteiger partial charge is 0.127 e. The summed E-state index contributed by atoms with van der Waals surface area (Å²) in [7, 11) is 0. The summed E-state index contributed by atoms with van der Waals surface area (Å²) in [6.45, 7) is 2.06. The van der Waals surface area contributed by atoms with E-state index in [-0.39, 0.29) is 6.23 Å². The van der Waals surface area contributed by atoms with Crippen LogP contribution in [0.1, 0.15) is 18.4 Å². The predicted molar refractivity (Wildman–Crippen MR) is 53.5 cm³/mol. The van der Waals surface area contributed by atoms with Crippen LogP contribution in [0.25, 0.3) is 0 Å². The lowest BCUT2D eigenvalue weighted by molar-refractivity contribution is 0.180. The van der Waals surface area contributed by atoms with Crippen molar-refractivity contribution < 1.29 is 5.11 Å². The van der Waals surface area contributed by atoms with E-state index in [0.29, 0.717) is 5.92 Å². The number of hydrogen-bond donors (Lipinski definition) is 2. The van der Waals surface area contributed by atoms with E-state index in [4.69, 9.17) is 0 Å². The zero-order chi connectivity index (χ0) is 9.26. The summed E-state index contributed by atoms with van der Waals surface area (Å²) in [5.74, 6) is 0.473. The Bertz CT molecular complexity index is 277. The molecular formula is C11H15NO. The molecule has 2 N–H and O–H groups in total. The first-order chi connectivity index (χ1) is 6.25. The zero-order valence-corrected chi connectivity index (χ0v) is 7.83. The van der Waals surface area contributed by atoms with E-state index < -0.39 is 0 Å². The lowest BCUT2D eigenvalue weighted by Crippen LogP contribution is -2.20. The summed E-state index contributed by atoms with van der Waals surface area (Å²) in [5, 5.41) is 12.7. The molecule has 0 amide bonds. The third-order valence-corrected chi connectivity index (χ3v) is 2.43. The number of aryl methyl sites for hydroxylation is 1. The average molecular weight is 177 g/mol. The molecule has 70 valence electrons. The van der Waals surface area contributed by atoms with E-state index in [2.05, 4.69) is 12.2 Å². The number of nitrogens with one attached hydrogen (secondary N) is 1. The number of aliphatic hydroxyl groups is 1. The first-order valence-electron chi connectivity index (χ1n) is 4.77. The Morgan fingerprint density at radius 3 is 2.46 bits per heavy atom. The molecule has 1 aliphatic rings. The highest BCUT2D eigenvalue weighted by molar-refractivity contribution is 5.44. The van der Waals surface area contributed by atoms with Gasteiger partial charge in [-0.1, -0.05) is 17.7 Å². The molecular weight excluding hydrogens is 162 g/mol. The maximum atomic E-state index is 9.60. The highest BCUT2D eigenvalue weighted by atomic mass is 16.3. The topological polar surface area (TPSA) is 32.3 Å². The number of hydrogen-bond acceptors (Lipinski definition) is 2. The molecule has 0 saturated heterocycles. The molecule has 1 saturated carbocycles. The molecule has 0 aromatic heterocycles. The maximum Gasteiger partial charge on any atom is 0.127 e. The van der Waals surface area contributed by atoms with Gasteiger partial charge in [-0.3, -0.25) is 0 Å². The van der Waals surface area contributed by atoms with Crippen LogP contribution in [0.2, 0.25) is 0 Å². The molecule has 13 heavy (non-hydrogen) atoms. The first kappa shape index (κ1) is 8.57. The second-order valence-corrected chi connectivity index (χ2v) is 3.79. The monoisotopic (exact) mass is 177 g/mol. The van der Waals surface area contributed by atoms with Gasteiger partial charge in [0.15, 0.2) is 0 Å². The van der Waals surface area contributed by atoms with Gasteiger partial charge in [-0.15, -0.1) is 0 Å². The van der Waals surface area contributed by atoms with Gasteiger partial charge >= 0.3 is 0 Å². The Balaban J connectivity index is 1.96. The average Bonchev–Trinajstić information content (AvgIpc) is 2.91. The first-order valence-corrected chi connectivity index (χ1v) is 4.77. The summed E-state index contributed by atoms with van der Waals surface area (Å²) < 4.78 is 0. The third kappa shape index (κ3) is 2.22. The van der Waals surface area contributed by atoms with Crippen LogP contribution in [0.15, 0.2) is 24.3 Å². The number of anilines is 1. The normalized spacial score (nSPS) is 18.3. The van der Waals surface area contributed by atoms with E-state index in [1.54, 1.807) is 0 Å². The fraction of sp³-hybridized carbons (Fsp3) is 0.455. The largest absolute Gasteiger partial charge is 0.374 e. The molecule has 2 nitrogen and oxygen atoms in total. The molecule has 0 radical (unpaired) electrons. The molecule has 2 rings (SSSR count). The summed E-state index contributed by atoms with van der Waals surface area (Å²) >= 11 is 0. The molecule has 2 heteroatoms. The predicted octanol–water partition coefficient (Wildman–Crippen LogP) is 2.14. The van der Waals surface area contributed by atoms with E-state index >= 15 is 0 Å². The molecule has 1 atom stereocenters. The zero-order valence-electron chi connectivity index (χ0n) is 7.83. The van der Waals surface area contributed by atoms with Gasteiger partial charge in [0.2, 0.25) is 0 Å². The molecule has 1 fully saturated rings. The fourth-order valence-corrected chi connectivity index (χ4v) is 1.35. The highest BCUT2D eigenvalue weighted by Gasteiger charge is 2.29. The minimum atomic E-state index is -0.359. The third-order valence-electron chi connectivity index (χ3n) is 2.43. The van der Waals surface area contributed by atoms with Gasteiger partial charge in [-0.05, 0) is 31.9 Å². The van der Waals surface area contributed by atoms with Crippen LogP contribution in [0, 0.1) is 12.8 Å². The van der Waals surface area contributed by atoms with Crippen LogP contribution in [-0.2, 0) is 0 Å². The van der Waals surface area contributed by atoms with Crippen LogP contribution in [0.3, 0.4) is 0 Å². The van der Waals surface area contributed by atoms with Crippen molar-refractivity contribution in [2.45, 2.75) is 26.0 Å². The van der Waals surface area contributed by atoms with Gasteiger partial charge < -0.3 is 10.4 Å². The molecule has 0 bridgehead atoms. The standard InChI is InChI=1S/C11H15NO/c1-8-2-6-10(7-3-8)12-11(13)9-4-5-9/h2-3,6-7,9,11-13H,4-5H2,1H3. The Labute approximate surface area is 78.6 Å². The van der Waals surface area contributed by atoms with Gasteiger partial charge in [-0.2, -0.15) is 0 Å². The Morgan fingerprint density at radius 1 is 1.31 bits per heavy atom.